The van der Waals surface area contributed by atoms with Gasteiger partial charge in [-0.05, 0) is 34.9 Å². The lowest BCUT2D eigenvalue weighted by Gasteiger charge is -2.15. The number of hydrogen-bond acceptors (Lipinski definition) is 2. The molecular weight excluding hydrogens is 387 g/mol. The van der Waals surface area contributed by atoms with Gasteiger partial charge in [-0.3, -0.25) is 0 Å². The molecule has 148 valence electrons. The summed E-state index contributed by atoms with van der Waals surface area (Å²) < 4.78 is 39.7. The highest BCUT2D eigenvalue weighted by atomic mass is 19.4. The van der Waals surface area contributed by atoms with E-state index in [2.05, 4.69) is 0 Å². The zero-order valence-corrected chi connectivity index (χ0v) is 15.7. The van der Waals surface area contributed by atoms with E-state index in [1.807, 2.05) is 54.6 Å². The summed E-state index contributed by atoms with van der Waals surface area (Å²) in [6.45, 7) is 0. The maximum Gasteiger partial charge on any atom is 0.416 e. The molecule has 3 aromatic carbocycles. The number of aromatic nitrogens is 1. The van der Waals surface area contributed by atoms with Gasteiger partial charge in [-0.15, -0.1) is 0 Å². The lowest BCUT2D eigenvalue weighted by Crippen LogP contribution is -2.05. The first-order chi connectivity index (χ1) is 14.4. The largest absolute Gasteiger partial charge is 0.416 e. The monoisotopic (exact) mass is 403 g/mol. The van der Waals surface area contributed by atoms with Crippen molar-refractivity contribution in [3.63, 3.8) is 0 Å². The van der Waals surface area contributed by atoms with Crippen LogP contribution in [0.2, 0.25) is 0 Å². The summed E-state index contributed by atoms with van der Waals surface area (Å²) in [6, 6.07) is 23.9. The standard InChI is InChI=1S/C25H16F3NO/c26-25(27,28)17-10-6-9-16(13-17)21-14-20(15-7-2-1-3-8-15)22-23(29-21)18-11-4-5-12-19(18)24(22)30/h1-14,24,30H. The predicted octanol–water partition coefficient (Wildman–Crippen LogP) is 6.50. The van der Waals surface area contributed by atoms with Crippen LogP contribution in [0.3, 0.4) is 0 Å². The average Bonchev–Trinajstić information content (AvgIpc) is 3.06. The van der Waals surface area contributed by atoms with Gasteiger partial charge >= 0.3 is 6.18 Å². The molecule has 1 unspecified atom stereocenters. The number of aliphatic hydroxyl groups excluding tert-OH is 1. The summed E-state index contributed by atoms with van der Waals surface area (Å²) >= 11 is 0. The van der Waals surface area contributed by atoms with Gasteiger partial charge in [0.05, 0.1) is 17.0 Å². The highest BCUT2D eigenvalue weighted by molar-refractivity contribution is 5.86. The van der Waals surface area contributed by atoms with Gasteiger partial charge in [-0.25, -0.2) is 4.98 Å². The van der Waals surface area contributed by atoms with E-state index < -0.39 is 17.8 Å². The van der Waals surface area contributed by atoms with Crippen molar-refractivity contribution < 1.29 is 18.3 Å². The smallest absolute Gasteiger partial charge is 0.384 e. The lowest BCUT2D eigenvalue weighted by atomic mass is 9.95. The molecule has 1 aliphatic rings. The Balaban J connectivity index is 1.78. The van der Waals surface area contributed by atoms with Crippen molar-refractivity contribution in [2.24, 2.45) is 0 Å². The maximum atomic E-state index is 13.2. The number of pyridine rings is 1. The van der Waals surface area contributed by atoms with E-state index in [0.29, 0.717) is 22.5 Å². The maximum absolute atomic E-state index is 13.2. The SMILES string of the molecule is OC1c2ccccc2-c2nc(-c3cccc(C(F)(F)F)c3)cc(-c3ccccc3)c21. The van der Waals surface area contributed by atoms with E-state index in [1.165, 1.54) is 6.07 Å². The molecule has 0 spiro atoms. The van der Waals surface area contributed by atoms with Crippen molar-refractivity contribution >= 4 is 0 Å². The minimum absolute atomic E-state index is 0.378. The summed E-state index contributed by atoms with van der Waals surface area (Å²) in [5.41, 5.74) is 4.55. The Morgan fingerprint density at radius 1 is 0.733 bits per heavy atom. The Hall–Kier alpha value is -3.44. The molecule has 0 saturated heterocycles. The van der Waals surface area contributed by atoms with Crippen molar-refractivity contribution in [2.45, 2.75) is 12.3 Å². The molecular formula is C25H16F3NO. The van der Waals surface area contributed by atoms with Gasteiger partial charge in [-0.1, -0.05) is 66.7 Å². The number of alkyl halides is 3. The molecule has 1 N–H and O–H groups in total. The molecule has 4 aromatic rings. The number of benzene rings is 3. The first kappa shape index (κ1) is 18.6. The Morgan fingerprint density at radius 3 is 2.20 bits per heavy atom. The fraction of sp³-hybridized carbons (Fsp3) is 0.0800. The van der Waals surface area contributed by atoms with E-state index in [0.717, 1.165) is 34.4 Å². The second kappa shape index (κ2) is 6.82. The zero-order chi connectivity index (χ0) is 20.9. The minimum atomic E-state index is -4.43. The topological polar surface area (TPSA) is 33.1 Å². The van der Waals surface area contributed by atoms with Crippen LogP contribution in [0, 0.1) is 0 Å². The summed E-state index contributed by atoms with van der Waals surface area (Å²) in [4.78, 5) is 4.70. The fourth-order valence-corrected chi connectivity index (χ4v) is 4.00. The predicted molar refractivity (Wildman–Crippen MR) is 110 cm³/mol. The molecule has 0 saturated carbocycles. The average molecular weight is 403 g/mol. The van der Waals surface area contributed by atoms with Gasteiger partial charge in [0.25, 0.3) is 0 Å². The van der Waals surface area contributed by atoms with Crippen molar-refractivity contribution in [1.82, 2.24) is 4.98 Å². The van der Waals surface area contributed by atoms with E-state index in [-0.39, 0.29) is 0 Å². The molecule has 0 amide bonds. The van der Waals surface area contributed by atoms with Gasteiger partial charge in [0.2, 0.25) is 0 Å². The van der Waals surface area contributed by atoms with E-state index in [1.54, 1.807) is 12.1 Å². The van der Waals surface area contributed by atoms with Gasteiger partial charge in [0.1, 0.15) is 6.10 Å². The van der Waals surface area contributed by atoms with Crippen LogP contribution in [0.4, 0.5) is 13.2 Å². The summed E-state index contributed by atoms with van der Waals surface area (Å²) in [6.07, 6.45) is -5.27. The highest BCUT2D eigenvalue weighted by Gasteiger charge is 2.33. The van der Waals surface area contributed by atoms with E-state index >= 15 is 0 Å². The van der Waals surface area contributed by atoms with Gasteiger partial charge < -0.3 is 5.11 Å². The summed E-state index contributed by atoms with van der Waals surface area (Å²) in [5, 5.41) is 11.0. The summed E-state index contributed by atoms with van der Waals surface area (Å²) in [7, 11) is 0. The molecule has 0 bridgehead atoms. The summed E-state index contributed by atoms with van der Waals surface area (Å²) in [5.74, 6) is 0. The molecule has 5 heteroatoms. The van der Waals surface area contributed by atoms with Crippen LogP contribution < -0.4 is 0 Å². The first-order valence-electron chi connectivity index (χ1n) is 9.49. The third kappa shape index (κ3) is 2.99. The van der Waals surface area contributed by atoms with Crippen molar-refractivity contribution in [1.29, 1.82) is 0 Å². The third-order valence-electron chi connectivity index (χ3n) is 5.41. The molecule has 1 aliphatic carbocycles. The van der Waals surface area contributed by atoms with Gasteiger partial charge in [0.15, 0.2) is 0 Å². The van der Waals surface area contributed by atoms with Gasteiger partial charge in [0, 0.05) is 16.7 Å². The quantitative estimate of drug-likeness (QED) is 0.415. The molecule has 0 aliphatic heterocycles. The van der Waals surface area contributed by atoms with Crippen LogP contribution >= 0.6 is 0 Å². The fourth-order valence-electron chi connectivity index (χ4n) is 4.00. The van der Waals surface area contributed by atoms with Crippen LogP contribution in [0.5, 0.6) is 0 Å². The Bertz CT molecular complexity index is 1250. The zero-order valence-electron chi connectivity index (χ0n) is 15.7. The number of nitrogens with zero attached hydrogens (tertiary/aromatic N) is 1. The first-order valence-corrected chi connectivity index (χ1v) is 9.49. The Labute approximate surface area is 171 Å². The van der Waals surface area contributed by atoms with Crippen LogP contribution in [0.1, 0.15) is 22.8 Å². The molecule has 1 heterocycles. The number of fused-ring (bicyclic) bond motifs is 3. The molecule has 5 rings (SSSR count). The molecule has 30 heavy (non-hydrogen) atoms. The molecule has 2 nitrogen and oxygen atoms in total. The van der Waals surface area contributed by atoms with E-state index in [4.69, 9.17) is 4.98 Å². The second-order valence-corrected chi connectivity index (χ2v) is 7.25. The normalized spacial score (nSPS) is 15.0. The Kier molecular flexibility index (Phi) is 4.22. The number of halogens is 3. The van der Waals surface area contributed by atoms with Crippen LogP contribution in [-0.4, -0.2) is 10.1 Å². The molecule has 0 fully saturated rings. The van der Waals surface area contributed by atoms with Crippen molar-refractivity contribution in [3.8, 4) is 33.6 Å². The van der Waals surface area contributed by atoms with Crippen molar-refractivity contribution in [2.75, 3.05) is 0 Å². The lowest BCUT2D eigenvalue weighted by molar-refractivity contribution is -0.137. The molecule has 0 radical (unpaired) electrons. The molecule has 1 aromatic heterocycles. The highest BCUT2D eigenvalue weighted by Crippen LogP contribution is 2.47. The van der Waals surface area contributed by atoms with Crippen LogP contribution in [0.15, 0.2) is 84.9 Å². The number of rotatable bonds is 2. The van der Waals surface area contributed by atoms with Gasteiger partial charge in [-0.2, -0.15) is 13.2 Å². The van der Waals surface area contributed by atoms with Crippen LogP contribution in [-0.2, 0) is 6.18 Å². The van der Waals surface area contributed by atoms with E-state index in [9.17, 15) is 18.3 Å². The van der Waals surface area contributed by atoms with Crippen molar-refractivity contribution in [3.05, 3.63) is 102 Å². The number of hydrogen-bond donors (Lipinski definition) is 1. The minimum Gasteiger partial charge on any atom is -0.384 e. The van der Waals surface area contributed by atoms with Crippen LogP contribution in [0.25, 0.3) is 33.6 Å². The third-order valence-corrected chi connectivity index (χ3v) is 5.41. The molecule has 1 atom stereocenters. The Morgan fingerprint density at radius 2 is 1.43 bits per heavy atom. The number of aliphatic hydroxyl groups is 1. The second-order valence-electron chi connectivity index (χ2n) is 7.25.